The molecule has 2 aromatic carbocycles. The largest absolute Gasteiger partial charge is 0.330 e. The molecule has 0 aliphatic rings. The Morgan fingerprint density at radius 2 is 1.81 bits per heavy atom. The smallest absolute Gasteiger partial charge is 0.319 e. The Morgan fingerprint density at radius 1 is 1.06 bits per heavy atom. The summed E-state index contributed by atoms with van der Waals surface area (Å²) >= 11 is 5.80. The number of carbonyl (C=O) groups excluding carboxylic acids is 2. The maximum atomic E-state index is 13.3. The summed E-state index contributed by atoms with van der Waals surface area (Å²) in [6.07, 6.45) is 1.44. The van der Waals surface area contributed by atoms with E-state index < -0.39 is 6.03 Å². The Balaban J connectivity index is 1.66. The molecule has 1 heterocycles. The zero-order chi connectivity index (χ0) is 23.1. The fourth-order valence-corrected chi connectivity index (χ4v) is 3.11. The van der Waals surface area contributed by atoms with Crippen LogP contribution in [0.5, 0.6) is 0 Å². The zero-order valence-corrected chi connectivity index (χ0v) is 18.4. The Kier molecular flexibility index (Phi) is 7.75. The molecule has 0 aliphatic heterocycles. The van der Waals surface area contributed by atoms with E-state index in [0.717, 1.165) is 5.56 Å². The van der Waals surface area contributed by atoms with Crippen molar-refractivity contribution >= 4 is 35.0 Å². The van der Waals surface area contributed by atoms with Gasteiger partial charge in [-0.1, -0.05) is 29.8 Å². The molecule has 3 aromatic rings. The van der Waals surface area contributed by atoms with Gasteiger partial charge in [-0.3, -0.25) is 4.79 Å². The zero-order valence-electron chi connectivity index (χ0n) is 17.6. The summed E-state index contributed by atoms with van der Waals surface area (Å²) in [6.45, 7) is 0.523. The van der Waals surface area contributed by atoms with Gasteiger partial charge < -0.3 is 20.9 Å². The van der Waals surface area contributed by atoms with E-state index >= 15 is 0 Å². The van der Waals surface area contributed by atoms with E-state index in [4.69, 9.17) is 11.6 Å². The van der Waals surface area contributed by atoms with Crippen LogP contribution in [0.25, 0.3) is 0 Å². The lowest BCUT2D eigenvalue weighted by Gasteiger charge is -2.23. The van der Waals surface area contributed by atoms with E-state index in [2.05, 4.69) is 20.9 Å². The lowest BCUT2D eigenvalue weighted by molar-refractivity contribution is 0.102. The third kappa shape index (κ3) is 6.76. The van der Waals surface area contributed by atoms with Crippen molar-refractivity contribution in [2.45, 2.75) is 6.04 Å². The van der Waals surface area contributed by atoms with Crippen LogP contribution in [0.2, 0.25) is 5.02 Å². The van der Waals surface area contributed by atoms with Crippen molar-refractivity contribution in [3.63, 3.8) is 0 Å². The number of pyridine rings is 1. The maximum absolute atomic E-state index is 13.3. The minimum atomic E-state index is -0.446. The van der Waals surface area contributed by atoms with Crippen LogP contribution in [0.3, 0.4) is 0 Å². The predicted molar refractivity (Wildman–Crippen MR) is 123 cm³/mol. The Morgan fingerprint density at radius 3 is 2.47 bits per heavy atom. The van der Waals surface area contributed by atoms with Crippen LogP contribution in [0.1, 0.15) is 22.0 Å². The molecule has 7 nitrogen and oxygen atoms in total. The first-order valence-corrected chi connectivity index (χ1v) is 10.2. The fourth-order valence-electron chi connectivity index (χ4n) is 3.00. The number of nitrogens with one attached hydrogen (secondary N) is 3. The Bertz CT molecular complexity index is 1070. The molecule has 0 saturated heterocycles. The third-order valence-electron chi connectivity index (χ3n) is 4.48. The van der Waals surface area contributed by atoms with E-state index in [9.17, 15) is 14.0 Å². The number of carbonyl (C=O) groups is 2. The number of benzene rings is 2. The quantitative estimate of drug-likeness (QED) is 0.487. The van der Waals surface area contributed by atoms with Crippen LogP contribution in [0, 0.1) is 5.82 Å². The van der Waals surface area contributed by atoms with Crippen molar-refractivity contribution in [3.05, 3.63) is 88.8 Å². The van der Waals surface area contributed by atoms with E-state index in [-0.39, 0.29) is 17.8 Å². The molecule has 166 valence electrons. The molecule has 32 heavy (non-hydrogen) atoms. The molecule has 0 saturated carbocycles. The summed E-state index contributed by atoms with van der Waals surface area (Å²) in [5.74, 6) is -0.354. The number of anilines is 2. The summed E-state index contributed by atoms with van der Waals surface area (Å²) < 4.78 is 13.3. The van der Waals surface area contributed by atoms with Gasteiger partial charge in [0.15, 0.2) is 0 Å². The van der Waals surface area contributed by atoms with Gasteiger partial charge in [-0.05, 0) is 62.1 Å². The van der Waals surface area contributed by atoms with Crippen molar-refractivity contribution in [1.82, 2.24) is 15.2 Å². The summed E-state index contributed by atoms with van der Waals surface area (Å²) in [5, 5.41) is 8.77. The molecule has 1 unspecified atom stereocenters. The molecule has 9 heteroatoms. The summed E-state index contributed by atoms with van der Waals surface area (Å²) in [6, 6.07) is 14.9. The van der Waals surface area contributed by atoms with E-state index in [1.165, 1.54) is 18.3 Å². The number of urea groups is 1. The molecule has 0 spiro atoms. The summed E-state index contributed by atoms with van der Waals surface area (Å²) in [7, 11) is 3.77. The molecule has 1 aromatic heterocycles. The number of rotatable bonds is 7. The minimum absolute atomic E-state index is 0.342. The predicted octanol–water partition coefficient (Wildman–Crippen LogP) is 4.55. The molecular weight excluding hydrogens is 433 g/mol. The molecule has 3 N–H and O–H groups in total. The number of amides is 3. The second-order valence-corrected chi connectivity index (χ2v) is 7.80. The Hall–Kier alpha value is -3.49. The normalized spacial score (nSPS) is 11.7. The number of halogens is 2. The third-order valence-corrected chi connectivity index (χ3v) is 4.70. The van der Waals surface area contributed by atoms with Crippen molar-refractivity contribution in [3.8, 4) is 0 Å². The highest BCUT2D eigenvalue weighted by molar-refractivity contribution is 6.30. The fraction of sp³-hybridized carbons (Fsp3) is 0.174. The van der Waals surface area contributed by atoms with E-state index in [0.29, 0.717) is 28.6 Å². The van der Waals surface area contributed by atoms with Gasteiger partial charge in [-0.2, -0.15) is 0 Å². The number of aromatic nitrogens is 1. The highest BCUT2D eigenvalue weighted by Gasteiger charge is 2.16. The molecule has 0 bridgehead atoms. The maximum Gasteiger partial charge on any atom is 0.319 e. The van der Waals surface area contributed by atoms with Crippen LogP contribution in [-0.2, 0) is 0 Å². The lowest BCUT2D eigenvalue weighted by atomic mass is 10.1. The second kappa shape index (κ2) is 10.7. The van der Waals surface area contributed by atoms with Crippen molar-refractivity contribution in [2.75, 3.05) is 31.3 Å². The first kappa shape index (κ1) is 23.2. The highest BCUT2D eigenvalue weighted by Crippen LogP contribution is 2.17. The van der Waals surface area contributed by atoms with Gasteiger partial charge in [0.05, 0.1) is 11.1 Å². The SMILES string of the molecule is CN(C)CC(NC(=O)Nc1cccc(C(=O)Nc2ccc(Cl)cn2)c1)c1ccc(F)cc1. The number of likely N-dealkylation sites (N-methyl/N-ethyl adjacent to an activating group) is 1. The van der Waals surface area contributed by atoms with Crippen molar-refractivity contribution < 1.29 is 14.0 Å². The van der Waals surface area contributed by atoms with Gasteiger partial charge in [0.1, 0.15) is 11.6 Å². The lowest BCUT2D eigenvalue weighted by Crippen LogP contribution is -2.37. The van der Waals surface area contributed by atoms with E-state index in [1.807, 2.05) is 19.0 Å². The summed E-state index contributed by atoms with van der Waals surface area (Å²) in [5.41, 5.74) is 1.57. The average molecular weight is 456 g/mol. The van der Waals surface area contributed by atoms with Gasteiger partial charge in [0, 0.05) is 24.0 Å². The van der Waals surface area contributed by atoms with Crippen LogP contribution in [0.4, 0.5) is 20.7 Å². The van der Waals surface area contributed by atoms with Gasteiger partial charge >= 0.3 is 6.03 Å². The molecule has 3 rings (SSSR count). The van der Waals surface area contributed by atoms with Gasteiger partial charge in [0.2, 0.25) is 0 Å². The standard InChI is InChI=1S/C23H23ClFN5O2/c1-30(2)14-20(15-6-9-18(25)10-7-15)28-23(32)27-19-5-3-4-16(12-19)22(31)29-21-11-8-17(24)13-26-21/h3-13,20H,14H2,1-2H3,(H,26,29,31)(H2,27,28,32). The van der Waals surface area contributed by atoms with Gasteiger partial charge in [-0.25, -0.2) is 14.2 Å². The van der Waals surface area contributed by atoms with Crippen molar-refractivity contribution in [2.24, 2.45) is 0 Å². The molecule has 0 aliphatic carbocycles. The molecule has 3 amide bonds. The van der Waals surface area contributed by atoms with Crippen LogP contribution < -0.4 is 16.0 Å². The van der Waals surface area contributed by atoms with Crippen LogP contribution in [0.15, 0.2) is 66.9 Å². The minimum Gasteiger partial charge on any atom is -0.330 e. The van der Waals surface area contributed by atoms with E-state index in [1.54, 1.807) is 48.5 Å². The highest BCUT2D eigenvalue weighted by atomic mass is 35.5. The second-order valence-electron chi connectivity index (χ2n) is 7.36. The first-order valence-electron chi connectivity index (χ1n) is 9.81. The molecular formula is C23H23ClFN5O2. The molecule has 1 atom stereocenters. The average Bonchev–Trinajstić information content (AvgIpc) is 2.75. The first-order chi connectivity index (χ1) is 15.3. The van der Waals surface area contributed by atoms with Crippen molar-refractivity contribution in [1.29, 1.82) is 0 Å². The van der Waals surface area contributed by atoms with Gasteiger partial charge in [0.25, 0.3) is 5.91 Å². The molecule has 0 fully saturated rings. The number of nitrogens with zero attached hydrogens (tertiary/aromatic N) is 2. The number of hydrogen-bond acceptors (Lipinski definition) is 4. The topological polar surface area (TPSA) is 86.4 Å². The van der Waals surface area contributed by atoms with Crippen LogP contribution >= 0.6 is 11.6 Å². The summed E-state index contributed by atoms with van der Waals surface area (Å²) in [4.78, 5) is 31.1. The Labute approximate surface area is 190 Å². The molecule has 0 radical (unpaired) electrons. The monoisotopic (exact) mass is 455 g/mol. The number of hydrogen-bond donors (Lipinski definition) is 3. The van der Waals surface area contributed by atoms with Gasteiger partial charge in [-0.15, -0.1) is 0 Å². The van der Waals surface area contributed by atoms with Crippen LogP contribution in [-0.4, -0.2) is 42.5 Å².